The zero-order valence-corrected chi connectivity index (χ0v) is 11.1. The molecule has 1 atom stereocenters. The molecule has 0 spiro atoms. The molecule has 0 saturated heterocycles. The van der Waals surface area contributed by atoms with Crippen molar-refractivity contribution in [3.05, 3.63) is 29.8 Å². The second-order valence-electron chi connectivity index (χ2n) is 5.77. The van der Waals surface area contributed by atoms with Crippen LogP contribution in [0.15, 0.2) is 24.3 Å². The Morgan fingerprint density at radius 1 is 1.21 bits per heavy atom. The molecule has 2 aliphatic rings. The summed E-state index contributed by atoms with van der Waals surface area (Å²) in [7, 11) is 0. The van der Waals surface area contributed by atoms with Crippen molar-refractivity contribution in [2.24, 2.45) is 5.41 Å². The van der Waals surface area contributed by atoms with Gasteiger partial charge in [-0.05, 0) is 37.3 Å². The Labute approximate surface area is 113 Å². The van der Waals surface area contributed by atoms with Crippen molar-refractivity contribution in [2.75, 3.05) is 0 Å². The Balaban J connectivity index is 1.87. The highest BCUT2D eigenvalue weighted by atomic mass is 16.5. The first-order chi connectivity index (χ1) is 9.22. The summed E-state index contributed by atoms with van der Waals surface area (Å²) in [5.74, 6) is 0.210. The number of hydrogen-bond acceptors (Lipinski definition) is 2. The zero-order valence-electron chi connectivity index (χ0n) is 11.1. The predicted octanol–water partition coefficient (Wildman–Crippen LogP) is 3.42. The predicted molar refractivity (Wildman–Crippen MR) is 72.3 cm³/mol. The van der Waals surface area contributed by atoms with Crippen LogP contribution in [-0.2, 0) is 11.2 Å². The summed E-state index contributed by atoms with van der Waals surface area (Å²) in [6, 6.07) is 7.99. The topological polar surface area (TPSA) is 46.5 Å². The normalized spacial score (nSPS) is 25.2. The van der Waals surface area contributed by atoms with E-state index in [0.717, 1.165) is 50.7 Å². The number of carboxylic acid groups (broad SMARTS) is 1. The smallest absolute Gasteiger partial charge is 0.313 e. The maximum absolute atomic E-state index is 11.8. The van der Waals surface area contributed by atoms with Gasteiger partial charge in [0.15, 0.2) is 0 Å². The fourth-order valence-corrected chi connectivity index (χ4v) is 3.57. The van der Waals surface area contributed by atoms with Crippen LogP contribution in [0.5, 0.6) is 5.75 Å². The summed E-state index contributed by atoms with van der Waals surface area (Å²) in [5.41, 5.74) is 0.543. The van der Waals surface area contributed by atoms with Gasteiger partial charge in [0.25, 0.3) is 0 Å². The molecular formula is C16H20O3. The van der Waals surface area contributed by atoms with Crippen LogP contribution in [0.1, 0.15) is 44.1 Å². The van der Waals surface area contributed by atoms with E-state index in [1.165, 1.54) is 5.56 Å². The third-order valence-electron chi connectivity index (χ3n) is 4.71. The number of ether oxygens (including phenoxy) is 1. The maximum Gasteiger partial charge on any atom is 0.313 e. The minimum atomic E-state index is -0.670. The minimum absolute atomic E-state index is 0.166. The second kappa shape index (κ2) is 4.87. The van der Waals surface area contributed by atoms with Crippen LogP contribution in [0.25, 0.3) is 0 Å². The van der Waals surface area contributed by atoms with Crippen LogP contribution in [0.2, 0.25) is 0 Å². The number of hydrogen-bond donors (Lipinski definition) is 1. The Morgan fingerprint density at radius 2 is 1.95 bits per heavy atom. The lowest BCUT2D eigenvalue weighted by Crippen LogP contribution is -2.48. The van der Waals surface area contributed by atoms with Crippen LogP contribution in [-0.4, -0.2) is 17.2 Å². The lowest BCUT2D eigenvalue weighted by molar-refractivity contribution is -0.159. The van der Waals surface area contributed by atoms with Crippen LogP contribution < -0.4 is 4.74 Å². The van der Waals surface area contributed by atoms with Crippen molar-refractivity contribution < 1.29 is 14.6 Å². The average molecular weight is 260 g/mol. The monoisotopic (exact) mass is 260 g/mol. The van der Waals surface area contributed by atoms with Gasteiger partial charge in [-0.3, -0.25) is 4.79 Å². The molecule has 1 unspecified atom stereocenters. The molecule has 3 rings (SSSR count). The van der Waals surface area contributed by atoms with E-state index in [2.05, 4.69) is 6.07 Å². The van der Waals surface area contributed by atoms with Crippen molar-refractivity contribution in [1.82, 2.24) is 0 Å². The van der Waals surface area contributed by atoms with E-state index in [-0.39, 0.29) is 6.10 Å². The number of para-hydroxylation sites is 1. The number of aliphatic carboxylic acids is 1. The summed E-state index contributed by atoms with van der Waals surface area (Å²) in [6.07, 6.45) is 6.27. The van der Waals surface area contributed by atoms with Gasteiger partial charge < -0.3 is 9.84 Å². The van der Waals surface area contributed by atoms with Gasteiger partial charge in [0.2, 0.25) is 0 Å². The standard InChI is InChI=1S/C16H20O3/c17-15(18)16(10-4-1-5-11-16)14-9-8-12-6-2-3-7-13(12)19-14/h2-3,6-7,14H,1,4-5,8-11H2,(H,17,18). The number of aryl methyl sites for hydroxylation is 1. The molecule has 1 aliphatic carbocycles. The highest BCUT2D eigenvalue weighted by Gasteiger charge is 2.48. The minimum Gasteiger partial charge on any atom is -0.489 e. The van der Waals surface area contributed by atoms with Gasteiger partial charge in [-0.2, -0.15) is 0 Å². The third kappa shape index (κ3) is 2.11. The Hall–Kier alpha value is -1.51. The van der Waals surface area contributed by atoms with Gasteiger partial charge in [0, 0.05) is 0 Å². The van der Waals surface area contributed by atoms with Crippen LogP contribution in [0.4, 0.5) is 0 Å². The molecule has 1 aliphatic heterocycles. The molecule has 1 aromatic carbocycles. The van der Waals surface area contributed by atoms with Gasteiger partial charge >= 0.3 is 5.97 Å². The summed E-state index contributed by atoms with van der Waals surface area (Å²) in [5, 5.41) is 9.71. The first kappa shape index (κ1) is 12.5. The molecule has 0 aromatic heterocycles. The summed E-state index contributed by atoms with van der Waals surface area (Å²) >= 11 is 0. The van der Waals surface area contributed by atoms with Crippen LogP contribution in [0, 0.1) is 5.41 Å². The molecule has 1 aromatic rings. The van der Waals surface area contributed by atoms with Gasteiger partial charge in [-0.1, -0.05) is 37.5 Å². The van der Waals surface area contributed by atoms with E-state index < -0.39 is 11.4 Å². The van der Waals surface area contributed by atoms with E-state index in [9.17, 15) is 9.90 Å². The lowest BCUT2D eigenvalue weighted by Gasteiger charge is -2.42. The number of rotatable bonds is 2. The molecule has 0 radical (unpaired) electrons. The first-order valence-electron chi connectivity index (χ1n) is 7.20. The highest BCUT2D eigenvalue weighted by Crippen LogP contribution is 2.44. The molecule has 3 nitrogen and oxygen atoms in total. The molecule has 0 amide bonds. The molecule has 102 valence electrons. The number of carboxylic acids is 1. The SMILES string of the molecule is O=C(O)C1(C2CCc3ccccc3O2)CCCCC1. The van der Waals surface area contributed by atoms with Crippen molar-refractivity contribution in [1.29, 1.82) is 0 Å². The molecule has 1 heterocycles. The summed E-state index contributed by atoms with van der Waals surface area (Å²) in [6.45, 7) is 0. The van der Waals surface area contributed by atoms with Gasteiger partial charge in [-0.15, -0.1) is 0 Å². The summed E-state index contributed by atoms with van der Waals surface area (Å²) in [4.78, 5) is 11.8. The molecule has 1 fully saturated rings. The molecule has 3 heteroatoms. The molecular weight excluding hydrogens is 240 g/mol. The Bertz CT molecular complexity index is 475. The molecule has 1 saturated carbocycles. The lowest BCUT2D eigenvalue weighted by atomic mass is 9.68. The van der Waals surface area contributed by atoms with E-state index in [0.29, 0.717) is 0 Å². The number of carbonyl (C=O) groups is 1. The third-order valence-corrected chi connectivity index (χ3v) is 4.71. The molecule has 1 N–H and O–H groups in total. The van der Waals surface area contributed by atoms with Gasteiger partial charge in [0.1, 0.15) is 17.3 Å². The highest BCUT2D eigenvalue weighted by molar-refractivity contribution is 5.75. The Morgan fingerprint density at radius 3 is 2.68 bits per heavy atom. The first-order valence-corrected chi connectivity index (χ1v) is 7.20. The van der Waals surface area contributed by atoms with Crippen LogP contribution >= 0.6 is 0 Å². The quantitative estimate of drug-likeness (QED) is 0.886. The molecule has 19 heavy (non-hydrogen) atoms. The van der Waals surface area contributed by atoms with Crippen LogP contribution in [0.3, 0.4) is 0 Å². The van der Waals surface area contributed by atoms with Crippen molar-refractivity contribution in [2.45, 2.75) is 51.0 Å². The molecule has 0 bridgehead atoms. The number of fused-ring (bicyclic) bond motifs is 1. The second-order valence-corrected chi connectivity index (χ2v) is 5.77. The van der Waals surface area contributed by atoms with Gasteiger partial charge in [0.05, 0.1) is 0 Å². The Kier molecular flexibility index (Phi) is 3.21. The van der Waals surface area contributed by atoms with E-state index in [1.54, 1.807) is 0 Å². The van der Waals surface area contributed by atoms with E-state index in [4.69, 9.17) is 4.74 Å². The maximum atomic E-state index is 11.8. The van der Waals surface area contributed by atoms with Crippen molar-refractivity contribution in [3.63, 3.8) is 0 Å². The van der Waals surface area contributed by atoms with Crippen molar-refractivity contribution >= 4 is 5.97 Å². The fourth-order valence-electron chi connectivity index (χ4n) is 3.57. The van der Waals surface area contributed by atoms with Crippen molar-refractivity contribution in [3.8, 4) is 5.75 Å². The van der Waals surface area contributed by atoms with E-state index in [1.807, 2.05) is 18.2 Å². The van der Waals surface area contributed by atoms with Gasteiger partial charge in [-0.25, -0.2) is 0 Å². The largest absolute Gasteiger partial charge is 0.489 e. The zero-order chi connectivity index (χ0) is 13.3. The van der Waals surface area contributed by atoms with E-state index >= 15 is 0 Å². The summed E-state index contributed by atoms with van der Waals surface area (Å²) < 4.78 is 6.06. The fraction of sp³-hybridized carbons (Fsp3) is 0.562. The number of benzene rings is 1. The average Bonchev–Trinajstić information content (AvgIpc) is 2.47.